The molecule has 0 aliphatic rings. The molecule has 1 aromatic carbocycles. The van der Waals surface area contributed by atoms with E-state index >= 15 is 0 Å². The molecule has 0 amide bonds. The quantitative estimate of drug-likeness (QED) is 0.616. The number of fused-ring (bicyclic) bond motifs is 1. The SMILES string of the molecule is O=CC(Br)c1cc2cc(Cl)ccc2o1. The van der Waals surface area contributed by atoms with Crippen LogP contribution in [0.3, 0.4) is 0 Å². The van der Waals surface area contributed by atoms with E-state index in [0.717, 1.165) is 17.3 Å². The van der Waals surface area contributed by atoms with Gasteiger partial charge in [0.25, 0.3) is 0 Å². The Morgan fingerprint density at radius 1 is 1.43 bits per heavy atom. The molecule has 1 heterocycles. The maximum Gasteiger partial charge on any atom is 0.141 e. The molecule has 1 unspecified atom stereocenters. The highest BCUT2D eigenvalue weighted by atomic mass is 79.9. The summed E-state index contributed by atoms with van der Waals surface area (Å²) < 4.78 is 5.44. The highest BCUT2D eigenvalue weighted by molar-refractivity contribution is 9.09. The van der Waals surface area contributed by atoms with Crippen LogP contribution in [0.2, 0.25) is 5.02 Å². The Balaban J connectivity index is 2.56. The Labute approximate surface area is 94.0 Å². The molecular formula is C10H6BrClO2. The Morgan fingerprint density at radius 3 is 2.93 bits per heavy atom. The summed E-state index contributed by atoms with van der Waals surface area (Å²) >= 11 is 9.01. The van der Waals surface area contributed by atoms with Crippen LogP contribution in [0.25, 0.3) is 11.0 Å². The molecule has 2 rings (SSSR count). The van der Waals surface area contributed by atoms with Crippen molar-refractivity contribution in [3.05, 3.63) is 35.0 Å². The minimum atomic E-state index is -0.395. The van der Waals surface area contributed by atoms with E-state index in [1.807, 2.05) is 0 Å². The van der Waals surface area contributed by atoms with Crippen LogP contribution in [-0.2, 0) is 4.79 Å². The van der Waals surface area contributed by atoms with Gasteiger partial charge in [0.05, 0.1) is 0 Å². The van der Waals surface area contributed by atoms with E-state index in [0.29, 0.717) is 10.8 Å². The molecule has 0 radical (unpaired) electrons. The lowest BCUT2D eigenvalue weighted by molar-refractivity contribution is -0.107. The van der Waals surface area contributed by atoms with Gasteiger partial charge in [-0.25, -0.2) is 0 Å². The van der Waals surface area contributed by atoms with Crippen molar-refractivity contribution in [3.63, 3.8) is 0 Å². The predicted octanol–water partition coefficient (Wildman–Crippen LogP) is 3.72. The van der Waals surface area contributed by atoms with Crippen molar-refractivity contribution < 1.29 is 9.21 Å². The number of carbonyl (C=O) groups is 1. The first-order valence-corrected chi connectivity index (χ1v) is 5.28. The summed E-state index contributed by atoms with van der Waals surface area (Å²) in [6.07, 6.45) is 0.777. The molecule has 0 bridgehead atoms. The molecule has 2 nitrogen and oxygen atoms in total. The molecule has 0 spiro atoms. The van der Waals surface area contributed by atoms with E-state index in [2.05, 4.69) is 15.9 Å². The number of carbonyl (C=O) groups excluding carboxylic acids is 1. The number of halogens is 2. The van der Waals surface area contributed by atoms with Crippen molar-refractivity contribution >= 4 is 44.8 Å². The third kappa shape index (κ3) is 1.70. The second-order valence-electron chi connectivity index (χ2n) is 2.87. The van der Waals surface area contributed by atoms with E-state index in [-0.39, 0.29) is 0 Å². The van der Waals surface area contributed by atoms with Crippen molar-refractivity contribution in [1.29, 1.82) is 0 Å². The Bertz CT molecular complexity index is 478. The number of rotatable bonds is 2. The Morgan fingerprint density at radius 2 is 2.21 bits per heavy atom. The average Bonchev–Trinajstić information content (AvgIpc) is 2.59. The highest BCUT2D eigenvalue weighted by Gasteiger charge is 2.11. The lowest BCUT2D eigenvalue weighted by Gasteiger charge is -1.92. The zero-order valence-electron chi connectivity index (χ0n) is 7.04. The summed E-state index contributed by atoms with van der Waals surface area (Å²) in [5, 5.41) is 1.56. The van der Waals surface area contributed by atoms with Gasteiger partial charge in [0, 0.05) is 10.4 Å². The fraction of sp³-hybridized carbons (Fsp3) is 0.100. The van der Waals surface area contributed by atoms with E-state index in [1.165, 1.54) is 0 Å². The average molecular weight is 274 g/mol. The van der Waals surface area contributed by atoms with Crippen LogP contribution in [0.1, 0.15) is 10.6 Å². The maximum absolute atomic E-state index is 10.5. The van der Waals surface area contributed by atoms with Gasteiger partial charge in [-0.1, -0.05) is 27.5 Å². The molecule has 2 aromatic rings. The smallest absolute Gasteiger partial charge is 0.141 e. The number of furan rings is 1. The molecule has 4 heteroatoms. The van der Waals surface area contributed by atoms with E-state index in [9.17, 15) is 4.79 Å². The molecule has 1 aromatic heterocycles. The van der Waals surface area contributed by atoms with Crippen LogP contribution in [-0.4, -0.2) is 6.29 Å². The minimum Gasteiger partial charge on any atom is -0.459 e. The molecule has 0 saturated heterocycles. The topological polar surface area (TPSA) is 30.2 Å². The molecular weight excluding hydrogens is 267 g/mol. The Kier molecular flexibility index (Phi) is 2.61. The highest BCUT2D eigenvalue weighted by Crippen LogP contribution is 2.29. The summed E-state index contributed by atoms with van der Waals surface area (Å²) in [5.41, 5.74) is 0.732. The molecule has 14 heavy (non-hydrogen) atoms. The largest absolute Gasteiger partial charge is 0.459 e. The van der Waals surface area contributed by atoms with E-state index in [1.54, 1.807) is 24.3 Å². The number of hydrogen-bond acceptors (Lipinski definition) is 2. The maximum atomic E-state index is 10.5. The van der Waals surface area contributed by atoms with Gasteiger partial charge in [-0.2, -0.15) is 0 Å². The van der Waals surface area contributed by atoms with Crippen LogP contribution in [0, 0.1) is 0 Å². The summed E-state index contributed by atoms with van der Waals surface area (Å²) in [4.78, 5) is 10.1. The summed E-state index contributed by atoms with van der Waals surface area (Å²) in [5.74, 6) is 0.595. The Hall–Kier alpha value is -0.800. The molecule has 0 aliphatic carbocycles. The van der Waals surface area contributed by atoms with Crippen molar-refractivity contribution in [2.75, 3.05) is 0 Å². The number of aldehydes is 1. The normalized spacial score (nSPS) is 13.0. The third-order valence-corrected chi connectivity index (χ3v) is 2.79. The number of alkyl halides is 1. The second kappa shape index (κ2) is 3.75. The molecule has 0 fully saturated rings. The van der Waals surface area contributed by atoms with E-state index in [4.69, 9.17) is 16.0 Å². The molecule has 0 aliphatic heterocycles. The minimum absolute atomic E-state index is 0.395. The lowest BCUT2D eigenvalue weighted by Crippen LogP contribution is -1.85. The van der Waals surface area contributed by atoms with Crippen LogP contribution in [0.5, 0.6) is 0 Å². The standard InChI is InChI=1S/C10H6BrClO2/c11-8(5-13)10-4-6-3-7(12)1-2-9(6)14-10/h1-5,8H. The molecule has 0 saturated carbocycles. The van der Waals surface area contributed by atoms with Crippen LogP contribution in [0.4, 0.5) is 0 Å². The van der Waals surface area contributed by atoms with Crippen LogP contribution < -0.4 is 0 Å². The van der Waals surface area contributed by atoms with Crippen LogP contribution in [0.15, 0.2) is 28.7 Å². The van der Waals surface area contributed by atoms with Gasteiger partial charge in [0.1, 0.15) is 22.5 Å². The van der Waals surface area contributed by atoms with Crippen molar-refractivity contribution in [2.45, 2.75) is 4.83 Å². The van der Waals surface area contributed by atoms with Gasteiger partial charge in [-0.3, -0.25) is 0 Å². The molecule has 1 atom stereocenters. The summed E-state index contributed by atoms with van der Waals surface area (Å²) in [7, 11) is 0. The van der Waals surface area contributed by atoms with Gasteiger partial charge in [0.2, 0.25) is 0 Å². The monoisotopic (exact) mass is 272 g/mol. The molecule has 0 N–H and O–H groups in total. The second-order valence-corrected chi connectivity index (χ2v) is 4.29. The molecule has 72 valence electrons. The zero-order chi connectivity index (χ0) is 10.1. The van der Waals surface area contributed by atoms with Gasteiger partial charge in [-0.15, -0.1) is 0 Å². The number of benzene rings is 1. The van der Waals surface area contributed by atoms with Gasteiger partial charge in [-0.05, 0) is 24.3 Å². The fourth-order valence-corrected chi connectivity index (χ4v) is 1.64. The fourth-order valence-electron chi connectivity index (χ4n) is 1.24. The van der Waals surface area contributed by atoms with Gasteiger partial charge >= 0.3 is 0 Å². The zero-order valence-corrected chi connectivity index (χ0v) is 9.38. The first kappa shape index (κ1) is 9.74. The van der Waals surface area contributed by atoms with Crippen LogP contribution >= 0.6 is 27.5 Å². The van der Waals surface area contributed by atoms with Gasteiger partial charge < -0.3 is 9.21 Å². The van der Waals surface area contributed by atoms with Gasteiger partial charge in [0.15, 0.2) is 0 Å². The number of hydrogen-bond donors (Lipinski definition) is 0. The first-order valence-electron chi connectivity index (χ1n) is 3.99. The third-order valence-electron chi connectivity index (χ3n) is 1.89. The summed E-state index contributed by atoms with van der Waals surface area (Å²) in [6.45, 7) is 0. The first-order chi connectivity index (χ1) is 6.70. The van der Waals surface area contributed by atoms with Crippen molar-refractivity contribution in [2.24, 2.45) is 0 Å². The van der Waals surface area contributed by atoms with E-state index < -0.39 is 4.83 Å². The van der Waals surface area contributed by atoms with Crippen molar-refractivity contribution in [1.82, 2.24) is 0 Å². The predicted molar refractivity (Wildman–Crippen MR) is 59.0 cm³/mol. The lowest BCUT2D eigenvalue weighted by atomic mass is 10.2. The summed E-state index contributed by atoms with van der Waals surface area (Å²) in [6, 6.07) is 7.14. The van der Waals surface area contributed by atoms with Crippen molar-refractivity contribution in [3.8, 4) is 0 Å².